The van der Waals surface area contributed by atoms with E-state index in [-0.39, 0.29) is 29.4 Å². The van der Waals surface area contributed by atoms with E-state index in [9.17, 15) is 27.2 Å². The molecule has 0 spiro atoms. The first kappa shape index (κ1) is 20.6. The van der Waals surface area contributed by atoms with Gasteiger partial charge in [0.1, 0.15) is 17.3 Å². The number of halogens is 4. The molecule has 2 amide bonds. The minimum absolute atomic E-state index is 0.0316. The zero-order chi connectivity index (χ0) is 21.2. The largest absolute Gasteiger partial charge is 0.456 e. The molecule has 154 valence electrons. The maximum atomic E-state index is 13.5. The van der Waals surface area contributed by atoms with Crippen LogP contribution in [0, 0.1) is 12.7 Å². The van der Waals surface area contributed by atoms with E-state index in [1.54, 1.807) is 6.92 Å². The molecule has 0 aliphatic carbocycles. The summed E-state index contributed by atoms with van der Waals surface area (Å²) in [6, 6.07) is 5.74. The van der Waals surface area contributed by atoms with E-state index >= 15 is 0 Å². The van der Waals surface area contributed by atoms with Crippen LogP contribution < -0.4 is 15.4 Å². The van der Waals surface area contributed by atoms with Crippen LogP contribution in [-0.2, 0) is 11.0 Å². The smallest absolute Gasteiger partial charge is 0.416 e. The summed E-state index contributed by atoms with van der Waals surface area (Å²) in [6.45, 7) is 2.00. The van der Waals surface area contributed by atoms with Gasteiger partial charge in [-0.3, -0.25) is 9.59 Å². The highest BCUT2D eigenvalue weighted by molar-refractivity contribution is 5.97. The quantitative estimate of drug-likeness (QED) is 0.750. The molecule has 0 bridgehead atoms. The predicted octanol–water partition coefficient (Wildman–Crippen LogP) is 3.95. The fourth-order valence-electron chi connectivity index (χ4n) is 2.95. The van der Waals surface area contributed by atoms with Crippen LogP contribution in [0.3, 0.4) is 0 Å². The second kappa shape index (κ2) is 8.10. The Kier molecular flexibility index (Phi) is 5.76. The Morgan fingerprint density at radius 3 is 2.62 bits per heavy atom. The molecule has 2 aromatic rings. The van der Waals surface area contributed by atoms with Crippen LogP contribution in [0.5, 0.6) is 11.5 Å². The van der Waals surface area contributed by atoms with Crippen molar-refractivity contribution < 1.29 is 31.9 Å². The average molecular weight is 410 g/mol. The molecule has 5 nitrogen and oxygen atoms in total. The summed E-state index contributed by atoms with van der Waals surface area (Å²) < 4.78 is 58.5. The normalized spacial score (nSPS) is 16.9. The van der Waals surface area contributed by atoms with Gasteiger partial charge in [-0.15, -0.1) is 0 Å². The van der Waals surface area contributed by atoms with Gasteiger partial charge in [0.05, 0.1) is 11.1 Å². The molecule has 1 aliphatic rings. The third-order valence-corrected chi connectivity index (χ3v) is 4.50. The molecular formula is C20H18F4N2O3. The van der Waals surface area contributed by atoms with Crippen LogP contribution in [-0.4, -0.2) is 24.4 Å². The first-order valence-corrected chi connectivity index (χ1v) is 8.86. The zero-order valence-electron chi connectivity index (χ0n) is 15.4. The molecule has 9 heteroatoms. The van der Waals surface area contributed by atoms with Gasteiger partial charge < -0.3 is 15.4 Å². The maximum Gasteiger partial charge on any atom is 0.416 e. The topological polar surface area (TPSA) is 67.4 Å². The van der Waals surface area contributed by atoms with Crippen LogP contribution >= 0.6 is 0 Å². The van der Waals surface area contributed by atoms with Crippen molar-refractivity contribution >= 4 is 11.8 Å². The maximum absolute atomic E-state index is 13.5. The molecule has 3 rings (SSSR count). The molecule has 2 aromatic carbocycles. The average Bonchev–Trinajstić information content (AvgIpc) is 2.64. The van der Waals surface area contributed by atoms with E-state index < -0.39 is 29.5 Å². The van der Waals surface area contributed by atoms with Crippen molar-refractivity contribution in [3.8, 4) is 11.5 Å². The Labute approximate surface area is 164 Å². The van der Waals surface area contributed by atoms with Crippen LogP contribution in [0.25, 0.3) is 0 Å². The molecule has 2 N–H and O–H groups in total. The SMILES string of the molecule is Cc1ccc(F)cc1Oc1ccc(C(F)(F)F)cc1C(=O)NC1CCNC(=O)C1. The molecule has 1 fully saturated rings. The van der Waals surface area contributed by atoms with Crippen LogP contribution in [0.2, 0.25) is 0 Å². The predicted molar refractivity (Wildman–Crippen MR) is 96.2 cm³/mol. The van der Waals surface area contributed by atoms with Crippen molar-refractivity contribution in [1.29, 1.82) is 0 Å². The Bertz CT molecular complexity index is 944. The number of piperidine rings is 1. The molecule has 0 saturated carbocycles. The summed E-state index contributed by atoms with van der Waals surface area (Å²) in [6.07, 6.45) is -4.17. The molecule has 29 heavy (non-hydrogen) atoms. The third-order valence-electron chi connectivity index (χ3n) is 4.50. The second-order valence-electron chi connectivity index (χ2n) is 6.73. The first-order valence-electron chi connectivity index (χ1n) is 8.86. The minimum atomic E-state index is -4.66. The van der Waals surface area contributed by atoms with Crippen molar-refractivity contribution in [3.05, 3.63) is 58.9 Å². The fourth-order valence-corrected chi connectivity index (χ4v) is 2.95. The number of rotatable bonds is 4. The number of carbonyl (C=O) groups is 2. The van der Waals surface area contributed by atoms with Gasteiger partial charge in [0.2, 0.25) is 5.91 Å². The number of hydrogen-bond donors (Lipinski definition) is 2. The van der Waals surface area contributed by atoms with Crippen molar-refractivity contribution in [2.75, 3.05) is 6.54 Å². The molecule has 1 unspecified atom stereocenters. The second-order valence-corrected chi connectivity index (χ2v) is 6.73. The first-order chi connectivity index (χ1) is 13.6. The van der Waals surface area contributed by atoms with Crippen molar-refractivity contribution in [2.45, 2.75) is 32.0 Å². The molecule has 1 aliphatic heterocycles. The van der Waals surface area contributed by atoms with E-state index in [2.05, 4.69) is 10.6 Å². The van der Waals surface area contributed by atoms with Crippen LogP contribution in [0.4, 0.5) is 17.6 Å². The third kappa shape index (κ3) is 5.04. The molecule has 1 saturated heterocycles. The Hall–Kier alpha value is -3.10. The van der Waals surface area contributed by atoms with Gasteiger partial charge in [-0.05, 0) is 43.2 Å². The molecule has 0 aromatic heterocycles. The van der Waals surface area contributed by atoms with Crippen LogP contribution in [0.1, 0.15) is 34.3 Å². The monoisotopic (exact) mass is 410 g/mol. The lowest BCUT2D eigenvalue weighted by atomic mass is 10.0. The van der Waals surface area contributed by atoms with Gasteiger partial charge in [-0.2, -0.15) is 13.2 Å². The van der Waals surface area contributed by atoms with E-state index in [4.69, 9.17) is 4.74 Å². The molecular weight excluding hydrogens is 392 g/mol. The molecule has 1 atom stereocenters. The standard InChI is InChI=1S/C20H18F4N2O3/c1-11-2-4-13(21)9-17(11)29-16-5-3-12(20(22,23)24)8-15(16)19(28)26-14-6-7-25-18(27)10-14/h2-5,8-9,14H,6-7,10H2,1H3,(H,25,27)(H,26,28). The highest BCUT2D eigenvalue weighted by atomic mass is 19.4. The number of carbonyl (C=O) groups excluding carboxylic acids is 2. The zero-order valence-corrected chi connectivity index (χ0v) is 15.4. The van der Waals surface area contributed by atoms with Crippen molar-refractivity contribution in [3.63, 3.8) is 0 Å². The van der Waals surface area contributed by atoms with Gasteiger partial charge in [0.25, 0.3) is 5.91 Å². The Morgan fingerprint density at radius 2 is 1.93 bits per heavy atom. The number of ether oxygens (including phenoxy) is 1. The van der Waals surface area contributed by atoms with Crippen molar-refractivity contribution in [1.82, 2.24) is 10.6 Å². The van der Waals surface area contributed by atoms with Gasteiger partial charge in [0.15, 0.2) is 0 Å². The lowest BCUT2D eigenvalue weighted by Crippen LogP contribution is -2.45. The lowest BCUT2D eigenvalue weighted by molar-refractivity contribution is -0.137. The number of hydrogen-bond acceptors (Lipinski definition) is 3. The number of aryl methyl sites for hydroxylation is 1. The number of amides is 2. The number of nitrogens with one attached hydrogen (secondary N) is 2. The summed E-state index contributed by atoms with van der Waals surface area (Å²) in [5.74, 6) is -1.71. The fraction of sp³-hybridized carbons (Fsp3) is 0.300. The van der Waals surface area contributed by atoms with E-state index in [1.165, 1.54) is 12.1 Å². The van der Waals surface area contributed by atoms with E-state index in [0.29, 0.717) is 24.6 Å². The van der Waals surface area contributed by atoms with Gasteiger partial charge >= 0.3 is 6.18 Å². The number of benzene rings is 2. The van der Waals surface area contributed by atoms with Crippen LogP contribution in [0.15, 0.2) is 36.4 Å². The highest BCUT2D eigenvalue weighted by Crippen LogP contribution is 2.35. The summed E-state index contributed by atoms with van der Waals surface area (Å²) >= 11 is 0. The summed E-state index contributed by atoms with van der Waals surface area (Å²) in [5.41, 5.74) is -0.830. The lowest BCUT2D eigenvalue weighted by Gasteiger charge is -2.24. The Balaban J connectivity index is 1.94. The van der Waals surface area contributed by atoms with Gasteiger partial charge in [-0.1, -0.05) is 6.07 Å². The summed E-state index contributed by atoms with van der Waals surface area (Å²) in [4.78, 5) is 24.2. The van der Waals surface area contributed by atoms with Gasteiger partial charge in [-0.25, -0.2) is 4.39 Å². The number of alkyl halides is 3. The van der Waals surface area contributed by atoms with E-state index in [0.717, 1.165) is 18.2 Å². The Morgan fingerprint density at radius 1 is 1.17 bits per heavy atom. The molecule has 0 radical (unpaired) electrons. The highest BCUT2D eigenvalue weighted by Gasteiger charge is 2.33. The van der Waals surface area contributed by atoms with Crippen molar-refractivity contribution in [2.24, 2.45) is 0 Å². The summed E-state index contributed by atoms with van der Waals surface area (Å²) in [7, 11) is 0. The molecule has 1 heterocycles. The minimum Gasteiger partial charge on any atom is -0.456 e. The summed E-state index contributed by atoms with van der Waals surface area (Å²) in [5, 5.41) is 5.19. The van der Waals surface area contributed by atoms with Gasteiger partial charge in [0, 0.05) is 25.1 Å². The van der Waals surface area contributed by atoms with E-state index in [1.807, 2.05) is 0 Å².